The van der Waals surface area contributed by atoms with Gasteiger partial charge in [-0.05, 0) is 45.0 Å². The molecular weight excluding hydrogens is 264 g/mol. The number of aromatic nitrogens is 2. The number of carbonyl (C=O) groups excluding carboxylic acids is 1. The summed E-state index contributed by atoms with van der Waals surface area (Å²) in [4.78, 5) is 15.9. The van der Waals surface area contributed by atoms with Crippen molar-refractivity contribution in [3.63, 3.8) is 0 Å². The van der Waals surface area contributed by atoms with Crippen LogP contribution in [0.15, 0.2) is 36.8 Å². The lowest BCUT2D eigenvalue weighted by molar-refractivity contribution is 0.0956. The van der Waals surface area contributed by atoms with E-state index in [9.17, 15) is 4.79 Å². The molecule has 5 nitrogen and oxygen atoms in total. The third kappa shape index (κ3) is 3.84. The fourth-order valence-corrected chi connectivity index (χ4v) is 2.13. The number of hydrogen-bond acceptors (Lipinski definition) is 3. The van der Waals surface area contributed by atoms with Gasteiger partial charge in [0.05, 0.1) is 18.6 Å². The minimum atomic E-state index is -0.0399. The van der Waals surface area contributed by atoms with E-state index in [1.807, 2.05) is 43.7 Å². The van der Waals surface area contributed by atoms with Crippen molar-refractivity contribution in [2.75, 3.05) is 11.9 Å². The predicted octanol–water partition coefficient (Wildman–Crippen LogP) is 2.83. The minimum absolute atomic E-state index is 0.0399. The first-order chi connectivity index (χ1) is 10.1. The molecule has 1 amide bonds. The number of rotatable bonds is 6. The zero-order chi connectivity index (χ0) is 15.2. The zero-order valence-electron chi connectivity index (χ0n) is 12.8. The molecule has 2 rings (SSSR count). The van der Waals surface area contributed by atoms with E-state index in [0.717, 1.165) is 11.4 Å². The lowest BCUT2D eigenvalue weighted by Crippen LogP contribution is -2.22. The normalized spacial score (nSPS) is 10.7. The highest BCUT2D eigenvalue weighted by Gasteiger charge is 2.06. The summed E-state index contributed by atoms with van der Waals surface area (Å²) in [5, 5.41) is 6.13. The Morgan fingerprint density at radius 3 is 2.62 bits per heavy atom. The molecule has 0 aliphatic heterocycles. The van der Waals surface area contributed by atoms with Crippen LogP contribution in [0.25, 0.3) is 0 Å². The van der Waals surface area contributed by atoms with Crippen molar-refractivity contribution in [1.29, 1.82) is 0 Å². The molecule has 0 spiro atoms. The van der Waals surface area contributed by atoms with E-state index in [-0.39, 0.29) is 5.91 Å². The Hall–Kier alpha value is -2.30. The Bertz CT molecular complexity index is 587. The Morgan fingerprint density at radius 2 is 2.00 bits per heavy atom. The van der Waals surface area contributed by atoms with Gasteiger partial charge in [-0.3, -0.25) is 4.79 Å². The smallest absolute Gasteiger partial charge is 0.251 e. The summed E-state index contributed by atoms with van der Waals surface area (Å²) in [7, 11) is 0. The average molecular weight is 286 g/mol. The van der Waals surface area contributed by atoms with Crippen molar-refractivity contribution < 1.29 is 4.79 Å². The molecule has 0 atom stereocenters. The maximum Gasteiger partial charge on any atom is 0.251 e. The lowest BCUT2D eigenvalue weighted by Gasteiger charge is -2.13. The van der Waals surface area contributed by atoms with Crippen LogP contribution >= 0.6 is 0 Å². The molecule has 112 valence electrons. The second kappa shape index (κ2) is 6.92. The van der Waals surface area contributed by atoms with Gasteiger partial charge < -0.3 is 15.2 Å². The number of amides is 1. The average Bonchev–Trinajstić information content (AvgIpc) is 2.94. The van der Waals surface area contributed by atoms with Gasteiger partial charge in [-0.15, -0.1) is 0 Å². The van der Waals surface area contributed by atoms with Gasteiger partial charge in [0.25, 0.3) is 5.91 Å². The summed E-state index contributed by atoms with van der Waals surface area (Å²) in [6, 6.07) is 7.88. The van der Waals surface area contributed by atoms with Gasteiger partial charge in [0.15, 0.2) is 0 Å². The van der Waals surface area contributed by atoms with Crippen LogP contribution in [0.3, 0.4) is 0 Å². The number of imidazole rings is 1. The first-order valence-corrected chi connectivity index (χ1v) is 7.24. The molecule has 0 radical (unpaired) electrons. The van der Waals surface area contributed by atoms with E-state index in [2.05, 4.69) is 34.0 Å². The van der Waals surface area contributed by atoms with E-state index in [1.54, 1.807) is 0 Å². The molecule has 1 aromatic heterocycles. The third-order valence-electron chi connectivity index (χ3n) is 3.26. The highest BCUT2D eigenvalue weighted by atomic mass is 16.1. The number of nitrogens with zero attached hydrogens (tertiary/aromatic N) is 2. The Kier molecular flexibility index (Phi) is 4.98. The van der Waals surface area contributed by atoms with Crippen LogP contribution in [0.4, 0.5) is 5.69 Å². The van der Waals surface area contributed by atoms with Crippen molar-refractivity contribution in [1.82, 2.24) is 14.9 Å². The van der Waals surface area contributed by atoms with Crippen LogP contribution < -0.4 is 10.6 Å². The topological polar surface area (TPSA) is 59.0 Å². The Balaban J connectivity index is 1.97. The summed E-state index contributed by atoms with van der Waals surface area (Å²) >= 11 is 0. The van der Waals surface area contributed by atoms with E-state index in [4.69, 9.17) is 0 Å². The molecular formula is C16H22N4O. The van der Waals surface area contributed by atoms with Crippen molar-refractivity contribution in [3.05, 3.63) is 48.0 Å². The van der Waals surface area contributed by atoms with Gasteiger partial charge in [0, 0.05) is 30.0 Å². The van der Waals surface area contributed by atoms with Crippen molar-refractivity contribution in [2.45, 2.75) is 33.4 Å². The largest absolute Gasteiger partial charge is 0.379 e. The molecule has 0 bridgehead atoms. The molecule has 0 saturated carbocycles. The van der Waals surface area contributed by atoms with Crippen LogP contribution in [0.1, 0.15) is 42.9 Å². The Morgan fingerprint density at radius 1 is 1.29 bits per heavy atom. The third-order valence-corrected chi connectivity index (χ3v) is 3.26. The van der Waals surface area contributed by atoms with Crippen LogP contribution in [0.5, 0.6) is 0 Å². The molecule has 0 saturated heterocycles. The summed E-state index contributed by atoms with van der Waals surface area (Å²) in [5.74, 6) is -0.0399. The number of nitrogens with one attached hydrogen (secondary N) is 2. The molecule has 0 fully saturated rings. The molecule has 0 aliphatic carbocycles. The van der Waals surface area contributed by atoms with Crippen LogP contribution in [0.2, 0.25) is 0 Å². The molecule has 2 N–H and O–H groups in total. The fourth-order valence-electron chi connectivity index (χ4n) is 2.13. The summed E-state index contributed by atoms with van der Waals surface area (Å²) in [6.07, 6.45) is 3.72. The van der Waals surface area contributed by atoms with E-state index in [1.165, 1.54) is 0 Å². The number of benzene rings is 1. The fraction of sp³-hybridized carbons (Fsp3) is 0.375. The maximum atomic E-state index is 11.7. The second-order valence-corrected chi connectivity index (χ2v) is 5.18. The van der Waals surface area contributed by atoms with Crippen molar-refractivity contribution >= 4 is 11.6 Å². The predicted molar refractivity (Wildman–Crippen MR) is 84.4 cm³/mol. The highest BCUT2D eigenvalue weighted by Crippen LogP contribution is 2.13. The van der Waals surface area contributed by atoms with Gasteiger partial charge in [-0.25, -0.2) is 4.98 Å². The van der Waals surface area contributed by atoms with Crippen LogP contribution in [0, 0.1) is 0 Å². The van der Waals surface area contributed by atoms with Crippen LogP contribution in [-0.2, 0) is 6.54 Å². The molecule has 0 unspecified atom stereocenters. The number of hydrogen-bond donors (Lipinski definition) is 2. The second-order valence-electron chi connectivity index (χ2n) is 5.18. The number of anilines is 1. The Labute approximate surface area is 125 Å². The first kappa shape index (κ1) is 15.1. The van der Waals surface area contributed by atoms with E-state index < -0.39 is 0 Å². The zero-order valence-corrected chi connectivity index (χ0v) is 12.8. The molecule has 0 aliphatic rings. The number of carbonyl (C=O) groups is 1. The molecule has 1 aromatic carbocycles. The van der Waals surface area contributed by atoms with E-state index >= 15 is 0 Å². The summed E-state index contributed by atoms with van der Waals surface area (Å²) < 4.78 is 2.13. The SMILES string of the molecule is CCNC(=O)c1ccc(NCc2cncn2C(C)C)cc1. The first-order valence-electron chi connectivity index (χ1n) is 7.24. The van der Waals surface area contributed by atoms with Crippen molar-refractivity contribution in [2.24, 2.45) is 0 Å². The monoisotopic (exact) mass is 286 g/mol. The summed E-state index contributed by atoms with van der Waals surface area (Å²) in [5.41, 5.74) is 2.80. The highest BCUT2D eigenvalue weighted by molar-refractivity contribution is 5.94. The summed E-state index contributed by atoms with van der Waals surface area (Å²) in [6.45, 7) is 7.51. The molecule has 1 heterocycles. The van der Waals surface area contributed by atoms with Gasteiger partial charge in [-0.1, -0.05) is 0 Å². The molecule has 2 aromatic rings. The standard InChI is InChI=1S/C16H22N4O/c1-4-18-16(21)13-5-7-14(8-6-13)19-10-15-9-17-11-20(15)12(2)3/h5-9,11-12,19H,4,10H2,1-3H3,(H,18,21). The van der Waals surface area contributed by atoms with Gasteiger partial charge in [0.2, 0.25) is 0 Å². The van der Waals surface area contributed by atoms with E-state index in [0.29, 0.717) is 24.7 Å². The quantitative estimate of drug-likeness (QED) is 0.858. The lowest BCUT2D eigenvalue weighted by atomic mass is 10.2. The van der Waals surface area contributed by atoms with Crippen molar-refractivity contribution in [3.8, 4) is 0 Å². The van der Waals surface area contributed by atoms with Crippen LogP contribution in [-0.4, -0.2) is 22.0 Å². The molecule has 5 heteroatoms. The van der Waals surface area contributed by atoms with Gasteiger partial charge in [-0.2, -0.15) is 0 Å². The minimum Gasteiger partial charge on any atom is -0.379 e. The van der Waals surface area contributed by atoms with Gasteiger partial charge in [0.1, 0.15) is 0 Å². The van der Waals surface area contributed by atoms with Gasteiger partial charge >= 0.3 is 0 Å². The maximum absolute atomic E-state index is 11.7. The molecule has 21 heavy (non-hydrogen) atoms.